The van der Waals surface area contributed by atoms with E-state index in [4.69, 9.17) is 9.84 Å². The maximum atomic E-state index is 13.6. The summed E-state index contributed by atoms with van der Waals surface area (Å²) in [6.07, 6.45) is 3.13. The van der Waals surface area contributed by atoms with E-state index < -0.39 is 5.97 Å². The molecule has 0 bridgehead atoms. The Balaban J connectivity index is 2.07. The molecule has 0 saturated heterocycles. The molecule has 0 atom stereocenters. The van der Waals surface area contributed by atoms with Crippen LogP contribution in [0.4, 0.5) is 4.39 Å². The number of hydrogen-bond donors (Lipinski definition) is 1. The van der Waals surface area contributed by atoms with Crippen molar-refractivity contribution in [1.82, 2.24) is 0 Å². The molecule has 0 heterocycles. The Morgan fingerprint density at radius 3 is 1.90 bits per heavy atom. The second-order valence-electron chi connectivity index (χ2n) is 9.55. The first-order chi connectivity index (χ1) is 13.5. The van der Waals surface area contributed by atoms with E-state index in [9.17, 15) is 9.18 Å². The predicted molar refractivity (Wildman–Crippen MR) is 113 cm³/mol. The van der Waals surface area contributed by atoms with Crippen molar-refractivity contribution >= 4 is 11.5 Å². The number of allylic oxidation sites excluding steroid dienone is 1. The van der Waals surface area contributed by atoms with Gasteiger partial charge in [0, 0.05) is 0 Å². The molecule has 0 unspecified atom stereocenters. The molecular formula is C25H29FO3. The minimum atomic E-state index is -1.00. The van der Waals surface area contributed by atoms with Crippen LogP contribution in [-0.4, -0.2) is 17.7 Å². The highest BCUT2D eigenvalue weighted by atomic mass is 19.1. The van der Waals surface area contributed by atoms with Crippen molar-refractivity contribution in [2.45, 2.75) is 47.0 Å². The van der Waals surface area contributed by atoms with Crippen LogP contribution in [-0.2, 0) is 4.79 Å². The smallest absolute Gasteiger partial charge is 0.341 e. The number of carbonyl (C=O) groups is 1. The van der Waals surface area contributed by atoms with Crippen LogP contribution in [0.25, 0.3) is 5.57 Å². The Labute approximate surface area is 172 Å². The van der Waals surface area contributed by atoms with Crippen LogP contribution in [0.5, 0.6) is 5.75 Å². The van der Waals surface area contributed by atoms with Gasteiger partial charge in [0.2, 0.25) is 0 Å². The molecule has 1 aliphatic rings. The zero-order valence-electron chi connectivity index (χ0n) is 17.6. The van der Waals surface area contributed by atoms with Crippen molar-refractivity contribution in [1.29, 1.82) is 0 Å². The van der Waals surface area contributed by atoms with Gasteiger partial charge in [0.25, 0.3) is 0 Å². The lowest BCUT2D eigenvalue weighted by Crippen LogP contribution is -2.30. The Bertz CT molecular complexity index is 888. The largest absolute Gasteiger partial charge is 0.482 e. The quantitative estimate of drug-likeness (QED) is 0.642. The molecule has 1 saturated carbocycles. The molecule has 0 radical (unpaired) electrons. The first kappa shape index (κ1) is 21.1. The molecule has 154 valence electrons. The molecule has 0 amide bonds. The monoisotopic (exact) mass is 396 g/mol. The minimum Gasteiger partial charge on any atom is -0.482 e. The first-order valence-corrected chi connectivity index (χ1v) is 9.98. The van der Waals surface area contributed by atoms with E-state index >= 15 is 0 Å². The number of halogens is 1. The fourth-order valence-corrected chi connectivity index (χ4v) is 4.87. The molecular weight excluding hydrogens is 367 g/mol. The molecule has 3 nitrogen and oxygen atoms in total. The Hall–Kier alpha value is -2.62. The van der Waals surface area contributed by atoms with Crippen LogP contribution in [0.2, 0.25) is 0 Å². The predicted octanol–water partition coefficient (Wildman–Crippen LogP) is 6.33. The summed E-state index contributed by atoms with van der Waals surface area (Å²) in [5.74, 6) is -0.737. The van der Waals surface area contributed by atoms with E-state index in [0.29, 0.717) is 5.75 Å². The van der Waals surface area contributed by atoms with Crippen LogP contribution < -0.4 is 4.74 Å². The number of aliphatic carboxylic acids is 1. The third kappa shape index (κ3) is 5.47. The summed E-state index contributed by atoms with van der Waals surface area (Å²) in [6, 6.07) is 14.2. The maximum absolute atomic E-state index is 13.6. The lowest BCUT2D eigenvalue weighted by atomic mass is 9.62. The van der Waals surface area contributed by atoms with Crippen molar-refractivity contribution in [2.75, 3.05) is 6.61 Å². The zero-order chi connectivity index (χ0) is 21.2. The molecule has 4 heteroatoms. The summed E-state index contributed by atoms with van der Waals surface area (Å²) >= 11 is 0. The number of benzene rings is 2. The van der Waals surface area contributed by atoms with Crippen molar-refractivity contribution in [3.8, 4) is 5.75 Å². The highest BCUT2D eigenvalue weighted by molar-refractivity contribution is 5.82. The SMILES string of the molecule is CC1(C)CC(=C(c2ccc(F)cc2)c2ccc(OCC(=O)O)cc2)CC(C)(C)C1. The van der Waals surface area contributed by atoms with Crippen LogP contribution in [0.3, 0.4) is 0 Å². The van der Waals surface area contributed by atoms with Crippen molar-refractivity contribution in [3.05, 3.63) is 71.0 Å². The van der Waals surface area contributed by atoms with Gasteiger partial charge >= 0.3 is 5.97 Å². The fourth-order valence-electron chi connectivity index (χ4n) is 4.87. The van der Waals surface area contributed by atoms with E-state index in [1.165, 1.54) is 17.7 Å². The Kier molecular flexibility index (Phi) is 5.83. The van der Waals surface area contributed by atoms with Crippen molar-refractivity contribution in [3.63, 3.8) is 0 Å². The topological polar surface area (TPSA) is 46.5 Å². The first-order valence-electron chi connectivity index (χ1n) is 9.98. The summed E-state index contributed by atoms with van der Waals surface area (Å²) in [6.45, 7) is 8.85. The van der Waals surface area contributed by atoms with Crippen LogP contribution in [0.1, 0.15) is 58.1 Å². The van der Waals surface area contributed by atoms with Gasteiger partial charge in [0.05, 0.1) is 0 Å². The molecule has 29 heavy (non-hydrogen) atoms. The third-order valence-corrected chi connectivity index (χ3v) is 5.33. The molecule has 1 fully saturated rings. The number of hydrogen-bond acceptors (Lipinski definition) is 2. The standard InChI is InChI=1S/C25H29FO3/c1-24(2)13-19(14-25(3,4)16-24)23(17-5-9-20(26)10-6-17)18-7-11-21(12-8-18)29-15-22(27)28/h5-12H,13-16H2,1-4H3,(H,27,28). The molecule has 2 aromatic rings. The van der Waals surface area contributed by atoms with E-state index in [1.54, 1.807) is 12.1 Å². The molecule has 1 N–H and O–H groups in total. The van der Waals surface area contributed by atoms with Gasteiger partial charge < -0.3 is 9.84 Å². The second kappa shape index (κ2) is 8.02. The van der Waals surface area contributed by atoms with E-state index in [1.807, 2.05) is 24.3 Å². The normalized spacial score (nSPS) is 17.6. The Morgan fingerprint density at radius 2 is 1.41 bits per heavy atom. The van der Waals surface area contributed by atoms with Gasteiger partial charge in [0.15, 0.2) is 6.61 Å². The zero-order valence-corrected chi connectivity index (χ0v) is 17.6. The van der Waals surface area contributed by atoms with Crippen molar-refractivity contribution < 1.29 is 19.0 Å². The van der Waals surface area contributed by atoms with Gasteiger partial charge in [-0.1, -0.05) is 57.5 Å². The second-order valence-corrected chi connectivity index (χ2v) is 9.55. The van der Waals surface area contributed by atoms with E-state index in [2.05, 4.69) is 27.7 Å². The van der Waals surface area contributed by atoms with E-state index in [-0.39, 0.29) is 23.3 Å². The average Bonchev–Trinajstić information content (AvgIpc) is 2.60. The average molecular weight is 397 g/mol. The van der Waals surface area contributed by atoms with Crippen LogP contribution in [0, 0.1) is 16.6 Å². The van der Waals surface area contributed by atoms with Gasteiger partial charge in [-0.25, -0.2) is 9.18 Å². The number of rotatable bonds is 5. The molecule has 3 rings (SSSR count). The summed E-state index contributed by atoms with van der Waals surface area (Å²) in [5.41, 5.74) is 4.91. The third-order valence-electron chi connectivity index (χ3n) is 5.33. The summed E-state index contributed by atoms with van der Waals surface area (Å²) in [5, 5.41) is 8.79. The van der Waals surface area contributed by atoms with Crippen molar-refractivity contribution in [2.24, 2.45) is 10.8 Å². The molecule has 1 aliphatic carbocycles. The summed E-state index contributed by atoms with van der Waals surface area (Å²) in [7, 11) is 0. The highest BCUT2D eigenvalue weighted by Crippen LogP contribution is 2.50. The van der Waals surface area contributed by atoms with Crippen LogP contribution in [0.15, 0.2) is 54.1 Å². The Morgan fingerprint density at radius 1 is 0.931 bits per heavy atom. The number of carboxylic acids is 1. The lowest BCUT2D eigenvalue weighted by molar-refractivity contribution is -0.139. The van der Waals surface area contributed by atoms with Gasteiger partial charge in [-0.3, -0.25) is 0 Å². The molecule has 0 spiro atoms. The van der Waals surface area contributed by atoms with Gasteiger partial charge in [-0.15, -0.1) is 0 Å². The van der Waals surface area contributed by atoms with Gasteiger partial charge in [0.1, 0.15) is 11.6 Å². The fraction of sp³-hybridized carbons (Fsp3) is 0.400. The summed E-state index contributed by atoms with van der Waals surface area (Å²) < 4.78 is 18.8. The molecule has 0 aliphatic heterocycles. The number of ether oxygens (including phenoxy) is 1. The van der Waals surface area contributed by atoms with Gasteiger partial charge in [-0.05, 0) is 71.1 Å². The van der Waals surface area contributed by atoms with Crippen LogP contribution >= 0.6 is 0 Å². The molecule has 2 aromatic carbocycles. The number of carboxylic acid groups (broad SMARTS) is 1. The van der Waals surface area contributed by atoms with Gasteiger partial charge in [-0.2, -0.15) is 0 Å². The van der Waals surface area contributed by atoms with E-state index in [0.717, 1.165) is 36.0 Å². The maximum Gasteiger partial charge on any atom is 0.341 e. The summed E-state index contributed by atoms with van der Waals surface area (Å²) in [4.78, 5) is 10.7. The molecule has 0 aromatic heterocycles. The lowest BCUT2D eigenvalue weighted by Gasteiger charge is -2.43. The minimum absolute atomic E-state index is 0.187. The highest BCUT2D eigenvalue weighted by Gasteiger charge is 2.37.